The number of hydrogen-bond donors (Lipinski definition) is 1. The quantitative estimate of drug-likeness (QED) is 0.801. The summed E-state index contributed by atoms with van der Waals surface area (Å²) in [6.07, 6.45) is 6.98. The minimum Gasteiger partial charge on any atom is -0.327 e. The molecular weight excluding hydrogens is 180 g/mol. The zero-order valence-corrected chi connectivity index (χ0v) is 8.81. The van der Waals surface area contributed by atoms with E-state index in [-0.39, 0.29) is 0 Å². The number of aryl methyl sites for hydroxylation is 1. The van der Waals surface area contributed by atoms with Crippen LogP contribution in [0.4, 0.5) is 0 Å². The van der Waals surface area contributed by atoms with Crippen LogP contribution in [-0.2, 0) is 6.42 Å². The van der Waals surface area contributed by atoms with E-state index >= 15 is 0 Å². The van der Waals surface area contributed by atoms with Crippen molar-refractivity contribution in [2.75, 3.05) is 0 Å². The lowest BCUT2D eigenvalue weighted by molar-refractivity contribution is 0.569. The lowest BCUT2D eigenvalue weighted by Crippen LogP contribution is -2.22. The van der Waals surface area contributed by atoms with Crippen LogP contribution >= 0.6 is 11.3 Å². The fourth-order valence-electron chi connectivity index (χ4n) is 1.62. The lowest BCUT2D eigenvalue weighted by atomic mass is 10.1. The molecule has 0 spiro atoms. The predicted octanol–water partition coefficient (Wildman–Crippen LogP) is 2.12. The van der Waals surface area contributed by atoms with E-state index in [0.717, 1.165) is 17.3 Å². The molecule has 1 aliphatic carbocycles. The Morgan fingerprint density at radius 3 is 3.00 bits per heavy atom. The van der Waals surface area contributed by atoms with Gasteiger partial charge in [-0.15, -0.1) is 11.3 Å². The molecule has 1 fully saturated rings. The van der Waals surface area contributed by atoms with E-state index in [0.29, 0.717) is 6.04 Å². The highest BCUT2D eigenvalue weighted by molar-refractivity contribution is 7.11. The van der Waals surface area contributed by atoms with E-state index in [9.17, 15) is 0 Å². The molecule has 1 aromatic heterocycles. The third-order valence-electron chi connectivity index (χ3n) is 2.47. The third kappa shape index (κ3) is 2.78. The molecule has 72 valence electrons. The van der Waals surface area contributed by atoms with Gasteiger partial charge in [-0.05, 0) is 25.7 Å². The monoisotopic (exact) mass is 196 g/mol. The van der Waals surface area contributed by atoms with Gasteiger partial charge in [-0.25, -0.2) is 4.98 Å². The largest absolute Gasteiger partial charge is 0.327 e. The zero-order chi connectivity index (χ0) is 9.26. The molecule has 0 aromatic carbocycles. The van der Waals surface area contributed by atoms with Crippen LogP contribution in [0.3, 0.4) is 0 Å². The highest BCUT2D eigenvalue weighted by atomic mass is 32.1. The summed E-state index contributed by atoms with van der Waals surface area (Å²) in [4.78, 5) is 5.57. The number of hydrogen-bond acceptors (Lipinski definition) is 3. The smallest absolute Gasteiger partial charge is 0.0896 e. The van der Waals surface area contributed by atoms with Gasteiger partial charge in [0.25, 0.3) is 0 Å². The van der Waals surface area contributed by atoms with Gasteiger partial charge >= 0.3 is 0 Å². The van der Waals surface area contributed by atoms with Crippen LogP contribution in [0.5, 0.6) is 0 Å². The molecule has 0 aliphatic heterocycles. The fraction of sp³-hybridized carbons (Fsp3) is 0.700. The first kappa shape index (κ1) is 9.16. The molecule has 0 radical (unpaired) electrons. The first-order chi connectivity index (χ1) is 6.24. The van der Waals surface area contributed by atoms with E-state index in [2.05, 4.69) is 4.98 Å². The number of aromatic nitrogens is 1. The van der Waals surface area contributed by atoms with Crippen LogP contribution < -0.4 is 5.73 Å². The van der Waals surface area contributed by atoms with Crippen molar-refractivity contribution >= 4 is 11.3 Å². The Labute approximate surface area is 83.2 Å². The molecule has 0 bridgehead atoms. The van der Waals surface area contributed by atoms with Gasteiger partial charge in [0.2, 0.25) is 0 Å². The average molecular weight is 196 g/mol. The summed E-state index contributed by atoms with van der Waals surface area (Å²) >= 11 is 1.77. The molecule has 1 heterocycles. The molecule has 2 N–H and O–H groups in total. The predicted molar refractivity (Wildman–Crippen MR) is 55.9 cm³/mol. The maximum absolute atomic E-state index is 6.03. The van der Waals surface area contributed by atoms with Crippen molar-refractivity contribution in [1.82, 2.24) is 4.98 Å². The van der Waals surface area contributed by atoms with Crippen LogP contribution in [0.1, 0.15) is 29.1 Å². The number of thiazole rings is 1. The Hall–Kier alpha value is -0.410. The highest BCUT2D eigenvalue weighted by Gasteiger charge is 2.23. The topological polar surface area (TPSA) is 38.9 Å². The first-order valence-corrected chi connectivity index (χ1v) is 5.72. The van der Waals surface area contributed by atoms with Gasteiger partial charge in [0.1, 0.15) is 0 Å². The molecule has 1 aliphatic rings. The maximum Gasteiger partial charge on any atom is 0.0896 e. The first-order valence-electron chi connectivity index (χ1n) is 4.91. The fourth-order valence-corrected chi connectivity index (χ4v) is 2.51. The van der Waals surface area contributed by atoms with Crippen LogP contribution in [0.2, 0.25) is 0 Å². The van der Waals surface area contributed by atoms with E-state index in [1.54, 1.807) is 11.3 Å². The highest BCUT2D eigenvalue weighted by Crippen LogP contribution is 2.33. The normalized spacial score (nSPS) is 18.9. The molecule has 1 aromatic rings. The summed E-state index contributed by atoms with van der Waals surface area (Å²) in [7, 11) is 0. The molecule has 1 unspecified atom stereocenters. The molecule has 1 atom stereocenters. The average Bonchev–Trinajstić information content (AvgIpc) is 2.76. The second-order valence-corrected chi connectivity index (χ2v) is 5.31. The summed E-state index contributed by atoms with van der Waals surface area (Å²) in [5.41, 5.74) is 6.03. The summed E-state index contributed by atoms with van der Waals surface area (Å²) < 4.78 is 0. The Morgan fingerprint density at radius 2 is 2.46 bits per heavy atom. The second-order valence-electron chi connectivity index (χ2n) is 3.99. The van der Waals surface area contributed by atoms with Gasteiger partial charge in [0.15, 0.2) is 0 Å². The van der Waals surface area contributed by atoms with Crippen molar-refractivity contribution in [2.24, 2.45) is 11.7 Å². The Bertz CT molecular complexity index is 278. The number of nitrogens with two attached hydrogens (primary N) is 1. The van der Waals surface area contributed by atoms with Crippen LogP contribution in [0, 0.1) is 12.8 Å². The molecule has 2 nitrogen and oxygen atoms in total. The molecule has 3 heteroatoms. The standard InChI is InChI=1S/C10H16N2S/c1-7-12-6-10(13-7)5-9(11)4-8-2-3-8/h6,8-9H,2-5,11H2,1H3. The van der Waals surface area contributed by atoms with Gasteiger partial charge in [0, 0.05) is 17.1 Å². The maximum atomic E-state index is 6.03. The van der Waals surface area contributed by atoms with E-state index in [4.69, 9.17) is 5.73 Å². The minimum absolute atomic E-state index is 0.354. The summed E-state index contributed by atoms with van der Waals surface area (Å²) in [5.74, 6) is 0.934. The minimum atomic E-state index is 0.354. The summed E-state index contributed by atoms with van der Waals surface area (Å²) in [6.45, 7) is 2.04. The van der Waals surface area contributed by atoms with Gasteiger partial charge in [-0.2, -0.15) is 0 Å². The van der Waals surface area contributed by atoms with Gasteiger partial charge in [-0.3, -0.25) is 0 Å². The molecule has 2 rings (SSSR count). The second kappa shape index (κ2) is 3.76. The van der Waals surface area contributed by atoms with Gasteiger partial charge in [0.05, 0.1) is 5.01 Å². The van der Waals surface area contributed by atoms with E-state index in [1.807, 2.05) is 13.1 Å². The SMILES string of the molecule is Cc1ncc(CC(N)CC2CC2)s1. The van der Waals surface area contributed by atoms with Crippen molar-refractivity contribution in [3.05, 3.63) is 16.1 Å². The number of rotatable bonds is 4. The van der Waals surface area contributed by atoms with Gasteiger partial charge < -0.3 is 5.73 Å². The number of nitrogens with zero attached hydrogens (tertiary/aromatic N) is 1. The molecular formula is C10H16N2S. The van der Waals surface area contributed by atoms with Gasteiger partial charge in [-0.1, -0.05) is 12.8 Å². The third-order valence-corrected chi connectivity index (χ3v) is 3.40. The summed E-state index contributed by atoms with van der Waals surface area (Å²) in [6, 6.07) is 0.354. The molecule has 1 saturated carbocycles. The zero-order valence-electron chi connectivity index (χ0n) is 7.99. The summed E-state index contributed by atoms with van der Waals surface area (Å²) in [5, 5.41) is 1.15. The Balaban J connectivity index is 1.82. The Morgan fingerprint density at radius 1 is 1.69 bits per heavy atom. The van der Waals surface area contributed by atoms with Crippen molar-refractivity contribution in [3.63, 3.8) is 0 Å². The molecule has 0 amide bonds. The van der Waals surface area contributed by atoms with Crippen LogP contribution in [0.15, 0.2) is 6.20 Å². The Kier molecular flexibility index (Phi) is 2.65. The molecule has 0 saturated heterocycles. The van der Waals surface area contributed by atoms with E-state index in [1.165, 1.54) is 24.1 Å². The van der Waals surface area contributed by atoms with E-state index < -0.39 is 0 Å². The van der Waals surface area contributed by atoms with Crippen LogP contribution in [0.25, 0.3) is 0 Å². The lowest BCUT2D eigenvalue weighted by Gasteiger charge is -2.07. The molecule has 13 heavy (non-hydrogen) atoms. The van der Waals surface area contributed by atoms with Crippen molar-refractivity contribution < 1.29 is 0 Å². The van der Waals surface area contributed by atoms with Crippen molar-refractivity contribution in [3.8, 4) is 0 Å². The van der Waals surface area contributed by atoms with Crippen molar-refractivity contribution in [2.45, 2.75) is 38.6 Å². The van der Waals surface area contributed by atoms with Crippen LogP contribution in [-0.4, -0.2) is 11.0 Å². The van der Waals surface area contributed by atoms with Crippen molar-refractivity contribution in [1.29, 1.82) is 0 Å².